The van der Waals surface area contributed by atoms with E-state index in [2.05, 4.69) is 9.46 Å². The van der Waals surface area contributed by atoms with E-state index in [1.165, 1.54) is 38.3 Å². The largest absolute Gasteiger partial charge is 0.465 e. The lowest BCUT2D eigenvalue weighted by Crippen LogP contribution is -2.45. The molecule has 126 valence electrons. The maximum atomic E-state index is 12.3. The van der Waals surface area contributed by atoms with Crippen LogP contribution in [-0.4, -0.2) is 51.4 Å². The van der Waals surface area contributed by atoms with E-state index in [0.29, 0.717) is 13.1 Å². The number of sulfonamides is 1. The molecule has 0 aliphatic carbocycles. The van der Waals surface area contributed by atoms with E-state index in [9.17, 15) is 18.0 Å². The Morgan fingerprint density at radius 3 is 2.26 bits per heavy atom. The van der Waals surface area contributed by atoms with E-state index >= 15 is 0 Å². The predicted octanol–water partition coefficient (Wildman–Crippen LogP) is 0.762. The second kappa shape index (κ2) is 7.10. The molecule has 0 radical (unpaired) electrons. The average molecular weight is 340 g/mol. The smallest absolute Gasteiger partial charge is 0.337 e. The fourth-order valence-corrected chi connectivity index (χ4v) is 3.65. The molecule has 1 aromatic carbocycles. The SMILES string of the molecule is COC(=O)c1ccc(S(=O)(=O)N[C@@H](C)C(=O)N2CCCC2)cc1. The topological polar surface area (TPSA) is 92.8 Å². The molecule has 1 aliphatic rings. The van der Waals surface area contributed by atoms with Gasteiger partial charge in [-0.05, 0) is 44.0 Å². The molecule has 0 aromatic heterocycles. The number of amides is 1. The van der Waals surface area contributed by atoms with Gasteiger partial charge in [-0.3, -0.25) is 4.79 Å². The standard InChI is InChI=1S/C15H20N2O5S/c1-11(14(18)17-9-3-4-10-17)16-23(20,21)13-7-5-12(6-8-13)15(19)22-2/h5-8,11,16H,3-4,9-10H2,1-2H3/t11-/m0/s1. The summed E-state index contributed by atoms with van der Waals surface area (Å²) in [5, 5.41) is 0. The van der Waals surface area contributed by atoms with Gasteiger partial charge in [0.1, 0.15) is 0 Å². The number of likely N-dealkylation sites (tertiary alicyclic amines) is 1. The van der Waals surface area contributed by atoms with Crippen molar-refractivity contribution >= 4 is 21.9 Å². The summed E-state index contributed by atoms with van der Waals surface area (Å²) in [4.78, 5) is 25.2. The van der Waals surface area contributed by atoms with Gasteiger partial charge in [0, 0.05) is 13.1 Å². The van der Waals surface area contributed by atoms with Crippen LogP contribution < -0.4 is 4.72 Å². The van der Waals surface area contributed by atoms with Crippen LogP contribution in [-0.2, 0) is 19.6 Å². The summed E-state index contributed by atoms with van der Waals surface area (Å²) >= 11 is 0. The van der Waals surface area contributed by atoms with E-state index in [-0.39, 0.29) is 16.4 Å². The third-order valence-corrected chi connectivity index (χ3v) is 5.26. The Balaban J connectivity index is 2.08. The van der Waals surface area contributed by atoms with Crippen molar-refractivity contribution in [3.63, 3.8) is 0 Å². The number of methoxy groups -OCH3 is 1. The number of ether oxygens (including phenoxy) is 1. The van der Waals surface area contributed by atoms with Gasteiger partial charge >= 0.3 is 5.97 Å². The van der Waals surface area contributed by atoms with E-state index in [0.717, 1.165) is 12.8 Å². The Bertz CT molecular complexity index is 678. The Hall–Kier alpha value is -1.93. The Morgan fingerprint density at radius 1 is 1.17 bits per heavy atom. The van der Waals surface area contributed by atoms with E-state index in [4.69, 9.17) is 0 Å². The fourth-order valence-electron chi connectivity index (χ4n) is 2.45. The minimum Gasteiger partial charge on any atom is -0.465 e. The van der Waals surface area contributed by atoms with Gasteiger partial charge in [-0.2, -0.15) is 4.72 Å². The predicted molar refractivity (Wildman–Crippen MR) is 83.4 cm³/mol. The van der Waals surface area contributed by atoms with Gasteiger partial charge in [0.2, 0.25) is 15.9 Å². The minimum atomic E-state index is -3.83. The van der Waals surface area contributed by atoms with E-state index in [1.807, 2.05) is 0 Å². The summed E-state index contributed by atoms with van der Waals surface area (Å²) in [7, 11) is -2.58. The molecule has 1 amide bonds. The van der Waals surface area contributed by atoms with Crippen LogP contribution in [0.15, 0.2) is 29.2 Å². The molecule has 1 aliphatic heterocycles. The van der Waals surface area contributed by atoms with E-state index in [1.54, 1.807) is 4.90 Å². The zero-order chi connectivity index (χ0) is 17.0. The van der Waals surface area contributed by atoms with Crippen molar-refractivity contribution in [1.29, 1.82) is 0 Å². The quantitative estimate of drug-likeness (QED) is 0.799. The third-order valence-electron chi connectivity index (χ3n) is 3.71. The van der Waals surface area contributed by atoms with Crippen molar-refractivity contribution < 1.29 is 22.7 Å². The van der Waals surface area contributed by atoms with Crippen LogP contribution in [0, 0.1) is 0 Å². The van der Waals surface area contributed by atoms with Crippen LogP contribution in [0.5, 0.6) is 0 Å². The molecule has 1 saturated heterocycles. The first-order valence-corrected chi connectivity index (χ1v) is 8.83. The molecule has 1 heterocycles. The first kappa shape index (κ1) is 17.4. The summed E-state index contributed by atoms with van der Waals surface area (Å²) < 4.78 is 31.6. The monoisotopic (exact) mass is 340 g/mol. The van der Waals surface area contributed by atoms with Crippen molar-refractivity contribution in [1.82, 2.24) is 9.62 Å². The van der Waals surface area contributed by atoms with Gasteiger partial charge in [0.25, 0.3) is 0 Å². The van der Waals surface area contributed by atoms with Crippen LogP contribution in [0.4, 0.5) is 0 Å². The lowest BCUT2D eigenvalue weighted by Gasteiger charge is -2.21. The second-order valence-corrected chi connectivity index (χ2v) is 7.11. The number of benzene rings is 1. The zero-order valence-corrected chi connectivity index (χ0v) is 13.9. The normalized spacial score (nSPS) is 16.2. The number of esters is 1. The first-order chi connectivity index (χ1) is 10.8. The number of hydrogen-bond acceptors (Lipinski definition) is 5. The molecular weight excluding hydrogens is 320 g/mol. The molecule has 1 atom stereocenters. The zero-order valence-electron chi connectivity index (χ0n) is 13.1. The molecule has 1 aromatic rings. The van der Waals surface area contributed by atoms with Gasteiger partial charge in [0.15, 0.2) is 0 Å². The van der Waals surface area contributed by atoms with Gasteiger partial charge in [-0.25, -0.2) is 13.2 Å². The Labute approximate surface area is 135 Å². The third kappa shape index (κ3) is 4.08. The van der Waals surface area contributed by atoms with Crippen LogP contribution in [0.25, 0.3) is 0 Å². The highest BCUT2D eigenvalue weighted by atomic mass is 32.2. The van der Waals surface area contributed by atoms with Crippen LogP contribution in [0.3, 0.4) is 0 Å². The number of rotatable bonds is 5. The molecular formula is C15H20N2O5S. The average Bonchev–Trinajstić information content (AvgIpc) is 3.07. The van der Waals surface area contributed by atoms with Crippen molar-refractivity contribution in [2.45, 2.75) is 30.7 Å². The molecule has 1 fully saturated rings. The van der Waals surface area contributed by atoms with Crippen molar-refractivity contribution in [2.24, 2.45) is 0 Å². The highest BCUT2D eigenvalue weighted by Crippen LogP contribution is 2.14. The van der Waals surface area contributed by atoms with Gasteiger partial charge in [-0.15, -0.1) is 0 Å². The summed E-state index contributed by atoms with van der Waals surface area (Å²) in [6.45, 7) is 2.86. The molecule has 0 spiro atoms. The number of hydrogen-bond donors (Lipinski definition) is 1. The maximum absolute atomic E-state index is 12.3. The van der Waals surface area contributed by atoms with Gasteiger partial charge < -0.3 is 9.64 Å². The lowest BCUT2D eigenvalue weighted by atomic mass is 10.2. The molecule has 23 heavy (non-hydrogen) atoms. The molecule has 0 saturated carbocycles. The van der Waals surface area contributed by atoms with Crippen molar-refractivity contribution in [3.05, 3.63) is 29.8 Å². The number of nitrogens with one attached hydrogen (secondary N) is 1. The molecule has 2 rings (SSSR count). The van der Waals surface area contributed by atoms with Crippen LogP contribution >= 0.6 is 0 Å². The highest BCUT2D eigenvalue weighted by molar-refractivity contribution is 7.89. The molecule has 1 N–H and O–H groups in total. The first-order valence-electron chi connectivity index (χ1n) is 7.34. The highest BCUT2D eigenvalue weighted by Gasteiger charge is 2.27. The summed E-state index contributed by atoms with van der Waals surface area (Å²) in [6, 6.07) is 4.52. The van der Waals surface area contributed by atoms with Gasteiger partial charge in [-0.1, -0.05) is 0 Å². The maximum Gasteiger partial charge on any atom is 0.337 e. The molecule has 7 nitrogen and oxygen atoms in total. The van der Waals surface area contributed by atoms with Crippen LogP contribution in [0.1, 0.15) is 30.1 Å². The summed E-state index contributed by atoms with van der Waals surface area (Å²) in [6.07, 6.45) is 1.89. The lowest BCUT2D eigenvalue weighted by molar-refractivity contribution is -0.131. The fraction of sp³-hybridized carbons (Fsp3) is 0.467. The van der Waals surface area contributed by atoms with Gasteiger partial charge in [0.05, 0.1) is 23.6 Å². The van der Waals surface area contributed by atoms with Crippen LogP contribution in [0.2, 0.25) is 0 Å². The number of carbonyl (C=O) groups is 2. The number of nitrogens with zero attached hydrogens (tertiary/aromatic N) is 1. The summed E-state index contributed by atoms with van der Waals surface area (Å²) in [5.41, 5.74) is 0.257. The molecule has 8 heteroatoms. The van der Waals surface area contributed by atoms with Crippen molar-refractivity contribution in [3.8, 4) is 0 Å². The molecule has 0 bridgehead atoms. The molecule has 0 unspecified atom stereocenters. The minimum absolute atomic E-state index is 0.00812. The second-order valence-electron chi connectivity index (χ2n) is 5.39. The summed E-state index contributed by atoms with van der Waals surface area (Å²) in [5.74, 6) is -0.767. The Morgan fingerprint density at radius 2 is 1.74 bits per heavy atom. The number of carbonyl (C=O) groups excluding carboxylic acids is 2. The van der Waals surface area contributed by atoms with E-state index < -0.39 is 22.0 Å². The Kier molecular flexibility index (Phi) is 5.38. The van der Waals surface area contributed by atoms with Crippen molar-refractivity contribution in [2.75, 3.05) is 20.2 Å².